The second-order valence-corrected chi connectivity index (χ2v) is 7.34. The molecular formula is C13H26O5S. The zero-order valence-corrected chi connectivity index (χ0v) is 12.7. The molecule has 1 atom stereocenters. The summed E-state index contributed by atoms with van der Waals surface area (Å²) in [7, 11) is -3.51. The van der Waals surface area contributed by atoms with Crippen LogP contribution in [-0.2, 0) is 19.5 Å². The Morgan fingerprint density at radius 2 is 1.53 bits per heavy atom. The smallest absolute Gasteiger partial charge is 0.300 e. The lowest BCUT2D eigenvalue weighted by Crippen LogP contribution is -2.30. The van der Waals surface area contributed by atoms with Crippen LogP contribution in [0.25, 0.3) is 0 Å². The van der Waals surface area contributed by atoms with Gasteiger partial charge < -0.3 is 0 Å². The maximum Gasteiger partial charge on any atom is 0.359 e. The van der Waals surface area contributed by atoms with Gasteiger partial charge in [0, 0.05) is 0 Å². The van der Waals surface area contributed by atoms with Crippen molar-refractivity contribution in [2.75, 3.05) is 5.75 Å². The fourth-order valence-corrected chi connectivity index (χ4v) is 3.13. The fraction of sp³-hybridized carbons (Fsp3) is 0.923. The summed E-state index contributed by atoms with van der Waals surface area (Å²) in [6, 6.07) is 0. The number of hydrogen-bond acceptors (Lipinski definition) is 5. The highest BCUT2D eigenvalue weighted by atomic mass is 32.2. The number of carbonyl (C=O) groups excluding carboxylic acids is 1. The van der Waals surface area contributed by atoms with Crippen LogP contribution in [-0.4, -0.2) is 30.6 Å². The number of sulfone groups is 1. The third-order valence-corrected chi connectivity index (χ3v) is 5.37. The Morgan fingerprint density at radius 1 is 1.05 bits per heavy atom. The molecule has 0 spiro atoms. The van der Waals surface area contributed by atoms with Crippen LogP contribution in [0.1, 0.15) is 65.2 Å². The third kappa shape index (κ3) is 8.21. The van der Waals surface area contributed by atoms with Gasteiger partial charge >= 0.3 is 5.97 Å². The van der Waals surface area contributed by atoms with Gasteiger partial charge in [-0.25, -0.2) is 13.2 Å². The minimum atomic E-state index is -3.51. The molecule has 0 aromatic rings. The summed E-state index contributed by atoms with van der Waals surface area (Å²) in [5.74, 6) is -1.14. The summed E-state index contributed by atoms with van der Waals surface area (Å²) < 4.78 is 23.4. The van der Waals surface area contributed by atoms with Gasteiger partial charge in [0.05, 0.1) is 5.75 Å². The first-order chi connectivity index (χ1) is 8.95. The van der Waals surface area contributed by atoms with Gasteiger partial charge in [0.15, 0.2) is 15.1 Å². The van der Waals surface area contributed by atoms with Gasteiger partial charge in [-0.2, -0.15) is 5.26 Å². The minimum absolute atomic E-state index is 0.0295. The molecule has 1 N–H and O–H groups in total. The highest BCUT2D eigenvalue weighted by Crippen LogP contribution is 2.11. The molecule has 0 aromatic heterocycles. The zero-order valence-electron chi connectivity index (χ0n) is 11.9. The molecule has 0 saturated heterocycles. The van der Waals surface area contributed by atoms with Crippen LogP contribution in [0.4, 0.5) is 0 Å². The topological polar surface area (TPSA) is 80.7 Å². The molecule has 0 aliphatic carbocycles. The summed E-state index contributed by atoms with van der Waals surface area (Å²) >= 11 is 0. The van der Waals surface area contributed by atoms with E-state index in [0.717, 1.165) is 19.3 Å². The van der Waals surface area contributed by atoms with Crippen molar-refractivity contribution in [3.8, 4) is 0 Å². The highest BCUT2D eigenvalue weighted by Gasteiger charge is 2.29. The summed E-state index contributed by atoms with van der Waals surface area (Å²) in [4.78, 5) is 14.4. The van der Waals surface area contributed by atoms with Gasteiger partial charge in [-0.15, -0.1) is 0 Å². The zero-order chi connectivity index (χ0) is 14.7. The quantitative estimate of drug-likeness (QED) is 0.360. The largest absolute Gasteiger partial charge is 0.359 e. The van der Waals surface area contributed by atoms with Crippen LogP contribution in [0.5, 0.6) is 0 Å². The fourth-order valence-electron chi connectivity index (χ4n) is 1.83. The van der Waals surface area contributed by atoms with E-state index in [1.54, 1.807) is 0 Å². The maximum atomic E-state index is 11.7. The van der Waals surface area contributed by atoms with Crippen molar-refractivity contribution >= 4 is 15.8 Å². The Bertz CT molecular complexity index is 337. The van der Waals surface area contributed by atoms with Gasteiger partial charge in [0.2, 0.25) is 0 Å². The van der Waals surface area contributed by atoms with Crippen molar-refractivity contribution in [2.24, 2.45) is 0 Å². The highest BCUT2D eigenvalue weighted by molar-refractivity contribution is 7.92. The van der Waals surface area contributed by atoms with Crippen molar-refractivity contribution in [1.82, 2.24) is 0 Å². The van der Waals surface area contributed by atoms with Crippen molar-refractivity contribution in [1.29, 1.82) is 0 Å². The lowest BCUT2D eigenvalue weighted by Gasteiger charge is -2.09. The number of carbonyl (C=O) groups is 1. The predicted octanol–water partition coefficient (Wildman–Crippen LogP) is 2.95. The van der Waals surface area contributed by atoms with Crippen LogP contribution >= 0.6 is 0 Å². The van der Waals surface area contributed by atoms with Gasteiger partial charge in [0.25, 0.3) is 0 Å². The lowest BCUT2D eigenvalue weighted by atomic mass is 10.1. The third-order valence-electron chi connectivity index (χ3n) is 3.24. The molecule has 0 aliphatic heterocycles. The van der Waals surface area contributed by atoms with Crippen LogP contribution in [0, 0.1) is 0 Å². The molecule has 5 nitrogen and oxygen atoms in total. The van der Waals surface area contributed by atoms with Gasteiger partial charge in [-0.3, -0.25) is 4.89 Å². The number of hydrogen-bond donors (Lipinski definition) is 1. The predicted molar refractivity (Wildman–Crippen MR) is 74.6 cm³/mol. The monoisotopic (exact) mass is 294 g/mol. The summed E-state index contributed by atoms with van der Waals surface area (Å²) in [6.07, 6.45) is 8.49. The summed E-state index contributed by atoms with van der Waals surface area (Å²) in [5.41, 5.74) is 0. The molecule has 0 saturated carbocycles. The average Bonchev–Trinajstić information content (AvgIpc) is 2.39. The van der Waals surface area contributed by atoms with Crippen LogP contribution < -0.4 is 0 Å². The lowest BCUT2D eigenvalue weighted by molar-refractivity contribution is -0.233. The molecule has 1 unspecified atom stereocenters. The van der Waals surface area contributed by atoms with E-state index in [2.05, 4.69) is 11.8 Å². The molecule has 0 radical (unpaired) electrons. The van der Waals surface area contributed by atoms with E-state index in [4.69, 9.17) is 5.26 Å². The van der Waals surface area contributed by atoms with Crippen molar-refractivity contribution < 1.29 is 23.4 Å². The van der Waals surface area contributed by atoms with Gasteiger partial charge in [-0.05, 0) is 13.3 Å². The van der Waals surface area contributed by atoms with E-state index >= 15 is 0 Å². The van der Waals surface area contributed by atoms with E-state index < -0.39 is 21.1 Å². The first kappa shape index (κ1) is 18.4. The Balaban J connectivity index is 3.73. The maximum absolute atomic E-state index is 11.7. The van der Waals surface area contributed by atoms with Crippen molar-refractivity contribution in [2.45, 2.75) is 70.5 Å². The molecule has 6 heteroatoms. The van der Waals surface area contributed by atoms with Crippen LogP contribution in [0.15, 0.2) is 0 Å². The normalized spacial score (nSPS) is 13.2. The molecule has 0 bridgehead atoms. The molecular weight excluding hydrogens is 268 g/mol. The van der Waals surface area contributed by atoms with Gasteiger partial charge in [0.1, 0.15) is 0 Å². The molecule has 0 fully saturated rings. The van der Waals surface area contributed by atoms with E-state index in [-0.39, 0.29) is 5.75 Å². The molecule has 0 aromatic carbocycles. The SMILES string of the molecule is CCCCCCCCCCS(=O)(=O)C(C)C(=O)OO. The first-order valence-corrected chi connectivity index (χ1v) is 8.74. The molecule has 19 heavy (non-hydrogen) atoms. The Kier molecular flexibility index (Phi) is 9.87. The number of unbranched alkanes of at least 4 members (excludes halogenated alkanes) is 7. The minimum Gasteiger partial charge on any atom is -0.300 e. The summed E-state index contributed by atoms with van der Waals surface area (Å²) in [6.45, 7) is 3.40. The summed E-state index contributed by atoms with van der Waals surface area (Å²) in [5, 5.41) is 6.88. The second-order valence-electron chi connectivity index (χ2n) is 4.89. The van der Waals surface area contributed by atoms with Gasteiger partial charge in [-0.1, -0.05) is 51.9 Å². The van der Waals surface area contributed by atoms with E-state index in [0.29, 0.717) is 6.42 Å². The standard InChI is InChI=1S/C13H26O5S/c1-3-4-5-6-7-8-9-10-11-19(16,17)12(2)13(14)18-15/h12,15H,3-11H2,1-2H3. The Morgan fingerprint density at radius 3 is 2.00 bits per heavy atom. The van der Waals surface area contributed by atoms with Crippen LogP contribution in [0.2, 0.25) is 0 Å². The second kappa shape index (κ2) is 10.2. The van der Waals surface area contributed by atoms with E-state index in [1.807, 2.05) is 0 Å². The molecule has 0 heterocycles. The molecule has 0 aliphatic rings. The molecule has 0 amide bonds. The van der Waals surface area contributed by atoms with Crippen molar-refractivity contribution in [3.05, 3.63) is 0 Å². The molecule has 114 valence electrons. The van der Waals surface area contributed by atoms with Crippen molar-refractivity contribution in [3.63, 3.8) is 0 Å². The Hall–Kier alpha value is -0.620. The Labute approximate surface area is 116 Å². The average molecular weight is 294 g/mol. The number of rotatable bonds is 11. The van der Waals surface area contributed by atoms with Crippen LogP contribution in [0.3, 0.4) is 0 Å². The molecule has 0 rings (SSSR count). The first-order valence-electron chi connectivity index (χ1n) is 7.02. The van der Waals surface area contributed by atoms with E-state index in [9.17, 15) is 13.2 Å². The van der Waals surface area contributed by atoms with E-state index in [1.165, 1.54) is 32.6 Å².